The molecule has 1 fully saturated rings. The fraction of sp³-hybridized carbons (Fsp3) is 0.500. The lowest BCUT2D eigenvalue weighted by atomic mass is 9.79. The second-order valence-electron chi connectivity index (χ2n) is 5.57. The van der Waals surface area contributed by atoms with Crippen molar-refractivity contribution < 1.29 is 19.4 Å². The average molecular weight is 291 g/mol. The molecule has 0 bridgehead atoms. The van der Waals surface area contributed by atoms with Crippen LogP contribution in [0.25, 0.3) is 0 Å². The van der Waals surface area contributed by atoms with E-state index in [0.717, 1.165) is 19.3 Å². The second kappa shape index (κ2) is 6.61. The van der Waals surface area contributed by atoms with E-state index in [1.807, 2.05) is 0 Å². The first-order valence-electron chi connectivity index (χ1n) is 7.24. The normalized spacial score (nSPS) is 17.0. The van der Waals surface area contributed by atoms with Crippen molar-refractivity contribution >= 4 is 11.9 Å². The zero-order chi connectivity index (χ0) is 15.3. The van der Waals surface area contributed by atoms with Crippen LogP contribution >= 0.6 is 0 Å². The lowest BCUT2D eigenvalue weighted by Crippen LogP contribution is -2.51. The van der Waals surface area contributed by atoms with Crippen LogP contribution in [0.15, 0.2) is 24.3 Å². The molecule has 0 unspecified atom stereocenters. The van der Waals surface area contributed by atoms with Crippen LogP contribution in [-0.4, -0.2) is 29.6 Å². The number of hydrogen-bond donors (Lipinski definition) is 2. The molecule has 5 nitrogen and oxygen atoms in total. The number of carboxylic acid groups (broad SMARTS) is 1. The second-order valence-corrected chi connectivity index (χ2v) is 5.57. The minimum Gasteiger partial charge on any atom is -0.496 e. The number of benzene rings is 1. The molecule has 1 amide bonds. The van der Waals surface area contributed by atoms with Crippen molar-refractivity contribution in [2.24, 2.45) is 0 Å². The van der Waals surface area contributed by atoms with E-state index in [4.69, 9.17) is 9.84 Å². The summed E-state index contributed by atoms with van der Waals surface area (Å²) >= 11 is 0. The molecule has 2 rings (SSSR count). The van der Waals surface area contributed by atoms with E-state index in [1.165, 1.54) is 7.11 Å². The number of carbonyl (C=O) groups is 2. The maximum Gasteiger partial charge on any atom is 0.305 e. The average Bonchev–Trinajstić information content (AvgIpc) is 2.47. The first kappa shape index (κ1) is 15.4. The van der Waals surface area contributed by atoms with Gasteiger partial charge in [-0.3, -0.25) is 9.59 Å². The zero-order valence-corrected chi connectivity index (χ0v) is 12.2. The SMILES string of the molecule is COc1ccccc1C(=O)NC1(CC(=O)O)CCCCC1. The number of nitrogens with one attached hydrogen (secondary N) is 1. The predicted molar refractivity (Wildman–Crippen MR) is 78.5 cm³/mol. The van der Waals surface area contributed by atoms with Gasteiger partial charge >= 0.3 is 5.97 Å². The molecule has 21 heavy (non-hydrogen) atoms. The molecular formula is C16H21NO4. The van der Waals surface area contributed by atoms with Crippen LogP contribution < -0.4 is 10.1 Å². The van der Waals surface area contributed by atoms with Crippen molar-refractivity contribution in [1.29, 1.82) is 0 Å². The molecule has 0 aromatic heterocycles. The van der Waals surface area contributed by atoms with Gasteiger partial charge in [-0.1, -0.05) is 31.4 Å². The van der Waals surface area contributed by atoms with Crippen LogP contribution in [0, 0.1) is 0 Å². The molecule has 0 aliphatic heterocycles. The third-order valence-corrected chi connectivity index (χ3v) is 4.03. The zero-order valence-electron chi connectivity index (χ0n) is 12.2. The van der Waals surface area contributed by atoms with E-state index < -0.39 is 11.5 Å². The highest BCUT2D eigenvalue weighted by atomic mass is 16.5. The maximum absolute atomic E-state index is 12.5. The Morgan fingerprint density at radius 2 is 1.90 bits per heavy atom. The highest BCUT2D eigenvalue weighted by Crippen LogP contribution is 2.32. The van der Waals surface area contributed by atoms with Gasteiger partial charge in [-0.2, -0.15) is 0 Å². The Hall–Kier alpha value is -2.04. The van der Waals surface area contributed by atoms with Crippen molar-refractivity contribution in [1.82, 2.24) is 5.32 Å². The summed E-state index contributed by atoms with van der Waals surface area (Å²) < 4.78 is 5.19. The molecule has 114 valence electrons. The standard InChI is InChI=1S/C16H21NO4/c1-21-13-8-4-3-7-12(13)15(20)17-16(11-14(18)19)9-5-2-6-10-16/h3-4,7-8H,2,5-6,9-11H2,1H3,(H,17,20)(H,18,19). The van der Waals surface area contributed by atoms with Crippen molar-refractivity contribution in [3.8, 4) is 5.75 Å². The molecule has 0 atom stereocenters. The van der Waals surface area contributed by atoms with E-state index in [-0.39, 0.29) is 12.3 Å². The molecule has 1 aliphatic carbocycles. The molecule has 1 saturated carbocycles. The number of amides is 1. The highest BCUT2D eigenvalue weighted by Gasteiger charge is 2.36. The number of methoxy groups -OCH3 is 1. The van der Waals surface area contributed by atoms with Gasteiger partial charge in [-0.15, -0.1) is 0 Å². The largest absolute Gasteiger partial charge is 0.496 e. The van der Waals surface area contributed by atoms with Gasteiger partial charge in [-0.05, 0) is 25.0 Å². The first-order chi connectivity index (χ1) is 10.1. The minimum atomic E-state index is -0.878. The van der Waals surface area contributed by atoms with E-state index in [9.17, 15) is 9.59 Å². The number of ether oxygens (including phenoxy) is 1. The van der Waals surface area contributed by atoms with Gasteiger partial charge < -0.3 is 15.2 Å². The van der Waals surface area contributed by atoms with Gasteiger partial charge in [-0.25, -0.2) is 0 Å². The summed E-state index contributed by atoms with van der Waals surface area (Å²) in [5.74, 6) is -0.649. The van der Waals surface area contributed by atoms with Crippen molar-refractivity contribution in [2.75, 3.05) is 7.11 Å². The molecule has 1 aliphatic rings. The van der Waals surface area contributed by atoms with E-state index in [2.05, 4.69) is 5.32 Å². The third kappa shape index (κ3) is 3.74. The fourth-order valence-corrected chi connectivity index (χ4v) is 3.00. The summed E-state index contributed by atoms with van der Waals surface area (Å²) in [6.45, 7) is 0. The minimum absolute atomic E-state index is 0.0338. The van der Waals surface area contributed by atoms with Gasteiger partial charge in [0.05, 0.1) is 24.6 Å². The number of rotatable bonds is 5. The first-order valence-corrected chi connectivity index (χ1v) is 7.24. The van der Waals surface area contributed by atoms with E-state index in [1.54, 1.807) is 24.3 Å². The Morgan fingerprint density at radius 1 is 1.24 bits per heavy atom. The fourth-order valence-electron chi connectivity index (χ4n) is 3.00. The van der Waals surface area contributed by atoms with Crippen LogP contribution in [0.4, 0.5) is 0 Å². The van der Waals surface area contributed by atoms with Crippen molar-refractivity contribution in [3.63, 3.8) is 0 Å². The Morgan fingerprint density at radius 3 is 2.52 bits per heavy atom. The van der Waals surface area contributed by atoms with Gasteiger partial charge in [0.2, 0.25) is 0 Å². The van der Waals surface area contributed by atoms with E-state index in [0.29, 0.717) is 24.2 Å². The summed E-state index contributed by atoms with van der Waals surface area (Å²) in [6.07, 6.45) is 4.36. The number of carboxylic acids is 1. The van der Waals surface area contributed by atoms with Crippen LogP contribution in [-0.2, 0) is 4.79 Å². The van der Waals surface area contributed by atoms with Crippen LogP contribution in [0.2, 0.25) is 0 Å². The molecule has 0 heterocycles. The Kier molecular flexibility index (Phi) is 4.83. The summed E-state index contributed by atoms with van der Waals surface area (Å²) in [5.41, 5.74) is -0.197. The molecular weight excluding hydrogens is 270 g/mol. The Balaban J connectivity index is 2.19. The van der Waals surface area contributed by atoms with Crippen LogP contribution in [0.5, 0.6) is 5.75 Å². The molecule has 5 heteroatoms. The molecule has 1 aromatic rings. The monoisotopic (exact) mass is 291 g/mol. The molecule has 2 N–H and O–H groups in total. The molecule has 0 saturated heterocycles. The van der Waals surface area contributed by atoms with Gasteiger partial charge in [0, 0.05) is 0 Å². The summed E-state index contributed by atoms with van der Waals surface area (Å²) in [6, 6.07) is 6.97. The topological polar surface area (TPSA) is 75.6 Å². The lowest BCUT2D eigenvalue weighted by molar-refractivity contribution is -0.139. The smallest absolute Gasteiger partial charge is 0.305 e. The quantitative estimate of drug-likeness (QED) is 0.874. The number of carbonyl (C=O) groups excluding carboxylic acids is 1. The number of aliphatic carboxylic acids is 1. The number of hydrogen-bond acceptors (Lipinski definition) is 3. The van der Waals surface area contributed by atoms with E-state index >= 15 is 0 Å². The molecule has 1 aromatic carbocycles. The van der Waals surface area contributed by atoms with Crippen molar-refractivity contribution in [3.05, 3.63) is 29.8 Å². The highest BCUT2D eigenvalue weighted by molar-refractivity contribution is 5.97. The third-order valence-electron chi connectivity index (χ3n) is 4.03. The van der Waals surface area contributed by atoms with Gasteiger partial charge in [0.25, 0.3) is 5.91 Å². The summed E-state index contributed by atoms with van der Waals surface area (Å²) in [4.78, 5) is 23.6. The Bertz CT molecular complexity index is 521. The summed E-state index contributed by atoms with van der Waals surface area (Å²) in [5, 5.41) is 12.1. The number of para-hydroxylation sites is 1. The van der Waals surface area contributed by atoms with Gasteiger partial charge in [0.1, 0.15) is 5.75 Å². The van der Waals surface area contributed by atoms with Gasteiger partial charge in [0.15, 0.2) is 0 Å². The Labute approximate surface area is 124 Å². The summed E-state index contributed by atoms with van der Waals surface area (Å²) in [7, 11) is 1.51. The van der Waals surface area contributed by atoms with Crippen LogP contribution in [0.3, 0.4) is 0 Å². The lowest BCUT2D eigenvalue weighted by Gasteiger charge is -2.37. The molecule has 0 spiro atoms. The molecule has 0 radical (unpaired) electrons. The maximum atomic E-state index is 12.5. The van der Waals surface area contributed by atoms with Crippen molar-refractivity contribution in [2.45, 2.75) is 44.1 Å². The van der Waals surface area contributed by atoms with Crippen LogP contribution in [0.1, 0.15) is 48.9 Å². The predicted octanol–water partition coefficient (Wildman–Crippen LogP) is 2.60.